The van der Waals surface area contributed by atoms with Crippen molar-refractivity contribution in [3.63, 3.8) is 0 Å². The van der Waals surface area contributed by atoms with Crippen molar-refractivity contribution in [2.45, 2.75) is 0 Å². The molecule has 72 valence electrons. The number of aromatic nitrogens is 3. The van der Waals surface area contributed by atoms with Gasteiger partial charge in [-0.05, 0) is 15.9 Å². The van der Waals surface area contributed by atoms with E-state index in [0.717, 1.165) is 4.83 Å². The summed E-state index contributed by atoms with van der Waals surface area (Å²) in [5.74, 6) is 0. The van der Waals surface area contributed by atoms with Crippen LogP contribution in [0.1, 0.15) is 0 Å². The molecule has 0 N–H and O–H groups in total. The van der Waals surface area contributed by atoms with Gasteiger partial charge in [0.05, 0.1) is 6.20 Å². The molecule has 0 aliphatic carbocycles. The van der Waals surface area contributed by atoms with E-state index in [1.165, 1.54) is 11.3 Å². The molecule has 0 atom stereocenters. The Kier molecular flexibility index (Phi) is 3.05. The maximum atomic E-state index is 4.19. The second-order valence-corrected chi connectivity index (χ2v) is 5.20. The van der Waals surface area contributed by atoms with Crippen molar-refractivity contribution >= 4 is 72.5 Å². The molecule has 0 aliphatic rings. The van der Waals surface area contributed by atoms with Crippen molar-refractivity contribution in [1.29, 1.82) is 0 Å². The van der Waals surface area contributed by atoms with Gasteiger partial charge in [-0.3, -0.25) is 0 Å². The molecule has 0 aliphatic heterocycles. The first-order chi connectivity index (χ1) is 6.65. The van der Waals surface area contributed by atoms with Crippen LogP contribution in [0.5, 0.6) is 0 Å². The molecule has 0 bridgehead atoms. The smallest absolute Gasteiger partial charge is 0.214 e. The summed E-state index contributed by atoms with van der Waals surface area (Å²) in [5.41, 5.74) is 0.583. The van der Waals surface area contributed by atoms with Gasteiger partial charge in [0.25, 0.3) is 0 Å². The molecule has 0 aromatic carbocycles. The minimum atomic E-state index is 0.364. The first-order valence-corrected chi connectivity index (χ1v) is 5.91. The normalized spacial score (nSPS) is 10.5. The van der Waals surface area contributed by atoms with E-state index in [9.17, 15) is 0 Å². The summed E-state index contributed by atoms with van der Waals surface area (Å²) in [6.45, 7) is 0. The predicted molar refractivity (Wildman–Crippen MR) is 68.0 cm³/mol. The second kappa shape index (κ2) is 4.13. The van der Waals surface area contributed by atoms with Crippen LogP contribution >= 0.6 is 52.5 Å². The lowest BCUT2D eigenvalue weighted by molar-refractivity contribution is 1.23. The third kappa shape index (κ3) is 2.25. The van der Waals surface area contributed by atoms with Crippen LogP contribution in [0.25, 0.3) is 10.5 Å². The average molecular weight is 307 g/mol. The van der Waals surface area contributed by atoms with Crippen LogP contribution in [-0.2, 0) is 0 Å². The molecule has 0 fully saturated rings. The summed E-state index contributed by atoms with van der Waals surface area (Å²) in [7, 11) is 0. The lowest BCUT2D eigenvalue weighted by atomic mass is 10.7. The van der Waals surface area contributed by atoms with E-state index in [1.54, 1.807) is 6.20 Å². The number of rotatable bonds is 1. The summed E-state index contributed by atoms with van der Waals surface area (Å²) in [5, 5.41) is 0.554. The summed E-state index contributed by atoms with van der Waals surface area (Å²) in [6, 6.07) is 0. The molecule has 4 nitrogen and oxygen atoms in total. The van der Waals surface area contributed by atoms with Crippen molar-refractivity contribution in [1.82, 2.24) is 15.0 Å². The monoisotopic (exact) mass is 306 g/mol. The van der Waals surface area contributed by atoms with Crippen molar-refractivity contribution in [3.05, 3.63) is 10.8 Å². The summed E-state index contributed by atoms with van der Waals surface area (Å²) in [6.07, 6.45) is 1.60. The number of thiol groups is 2. The fraction of sp³-hybridized carbons (Fsp3) is 0. The second-order valence-electron chi connectivity index (χ2n) is 2.23. The molecular formula is C6H3BrN4S3. The lowest BCUT2D eigenvalue weighted by Gasteiger charge is -1.85. The SMILES string of the molecule is SC(S)=Nc1nc2ncc(Br)nc2s1. The van der Waals surface area contributed by atoms with Crippen molar-refractivity contribution in [2.75, 3.05) is 0 Å². The molecule has 0 spiro atoms. The van der Waals surface area contributed by atoms with Crippen LogP contribution in [0.3, 0.4) is 0 Å². The lowest BCUT2D eigenvalue weighted by Crippen LogP contribution is -1.79. The minimum Gasteiger partial charge on any atom is -0.232 e. The van der Waals surface area contributed by atoms with Crippen molar-refractivity contribution in [2.24, 2.45) is 4.99 Å². The molecular weight excluding hydrogens is 304 g/mol. The van der Waals surface area contributed by atoms with Crippen molar-refractivity contribution < 1.29 is 0 Å². The first-order valence-electron chi connectivity index (χ1n) is 3.41. The molecule has 2 aromatic rings. The Morgan fingerprint density at radius 3 is 2.93 bits per heavy atom. The first kappa shape index (κ1) is 10.3. The molecule has 0 amide bonds. The van der Waals surface area contributed by atoms with Crippen LogP contribution in [0, 0.1) is 0 Å². The number of aliphatic imine (C=N–C) groups is 1. The number of hydrogen-bond donors (Lipinski definition) is 2. The van der Waals surface area contributed by atoms with Gasteiger partial charge in [-0.15, -0.1) is 25.3 Å². The van der Waals surface area contributed by atoms with E-state index in [4.69, 9.17) is 0 Å². The highest BCUT2D eigenvalue weighted by molar-refractivity contribution is 9.10. The topological polar surface area (TPSA) is 51.0 Å². The standard InChI is InChI=1S/C6H3BrN4S3/c7-2-1-8-3-4(9-2)14-5(10-3)11-6(12)13/h1H,(H2,8,10,11,12,13). The van der Waals surface area contributed by atoms with E-state index in [2.05, 4.69) is 61.1 Å². The maximum Gasteiger partial charge on any atom is 0.214 e. The van der Waals surface area contributed by atoms with Gasteiger partial charge in [0, 0.05) is 0 Å². The number of hydrogen-bond acceptors (Lipinski definition) is 5. The highest BCUT2D eigenvalue weighted by Gasteiger charge is 2.05. The van der Waals surface area contributed by atoms with Crippen LogP contribution in [-0.4, -0.2) is 19.3 Å². The van der Waals surface area contributed by atoms with Crippen LogP contribution in [0.2, 0.25) is 0 Å². The summed E-state index contributed by atoms with van der Waals surface area (Å²) < 4.78 is 1.05. The highest BCUT2D eigenvalue weighted by atomic mass is 79.9. The van der Waals surface area contributed by atoms with E-state index in [1.807, 2.05) is 0 Å². The number of halogens is 1. The highest BCUT2D eigenvalue weighted by Crippen LogP contribution is 2.26. The summed E-state index contributed by atoms with van der Waals surface area (Å²) in [4.78, 5) is 17.1. The number of thiazole rings is 1. The Morgan fingerprint density at radius 1 is 1.43 bits per heavy atom. The van der Waals surface area contributed by atoms with Crippen LogP contribution in [0.15, 0.2) is 15.8 Å². The largest absolute Gasteiger partial charge is 0.232 e. The Hall–Kier alpha value is -0.180. The van der Waals surface area contributed by atoms with Gasteiger partial charge in [-0.2, -0.15) is 4.98 Å². The van der Waals surface area contributed by atoms with Gasteiger partial charge in [0.15, 0.2) is 10.5 Å². The molecule has 0 unspecified atom stereocenters. The van der Waals surface area contributed by atoms with Gasteiger partial charge >= 0.3 is 0 Å². The Labute approximate surface area is 103 Å². The molecule has 0 saturated heterocycles. The minimum absolute atomic E-state index is 0.364. The Morgan fingerprint density at radius 2 is 2.21 bits per heavy atom. The van der Waals surface area contributed by atoms with Gasteiger partial charge in [0.1, 0.15) is 8.98 Å². The third-order valence-corrected chi connectivity index (χ3v) is 2.69. The maximum absolute atomic E-state index is 4.19. The van der Waals surface area contributed by atoms with Crippen molar-refractivity contribution in [3.8, 4) is 0 Å². The summed E-state index contributed by atoms with van der Waals surface area (Å²) >= 11 is 12.5. The van der Waals surface area contributed by atoms with Gasteiger partial charge in [-0.25, -0.2) is 15.0 Å². The van der Waals surface area contributed by atoms with E-state index in [0.29, 0.717) is 19.8 Å². The molecule has 2 heterocycles. The van der Waals surface area contributed by atoms with E-state index >= 15 is 0 Å². The molecule has 8 heteroatoms. The fourth-order valence-corrected chi connectivity index (χ4v) is 2.32. The van der Waals surface area contributed by atoms with E-state index in [-0.39, 0.29) is 0 Å². The Balaban J connectivity index is 2.57. The predicted octanol–water partition coefficient (Wildman–Crippen LogP) is 2.70. The van der Waals surface area contributed by atoms with Crippen LogP contribution in [0.4, 0.5) is 5.13 Å². The average Bonchev–Trinajstić information content (AvgIpc) is 2.44. The molecule has 2 rings (SSSR count). The van der Waals surface area contributed by atoms with Gasteiger partial charge in [-0.1, -0.05) is 11.3 Å². The van der Waals surface area contributed by atoms with Gasteiger partial charge in [0.2, 0.25) is 5.13 Å². The zero-order chi connectivity index (χ0) is 10.1. The molecule has 2 aromatic heterocycles. The molecule has 14 heavy (non-hydrogen) atoms. The van der Waals surface area contributed by atoms with Crippen LogP contribution < -0.4 is 0 Å². The number of nitrogens with zero attached hydrogens (tertiary/aromatic N) is 4. The molecule has 0 saturated carbocycles. The number of fused-ring (bicyclic) bond motifs is 1. The third-order valence-electron chi connectivity index (χ3n) is 1.28. The zero-order valence-corrected chi connectivity index (χ0v) is 10.7. The Bertz CT molecular complexity index is 505. The van der Waals surface area contributed by atoms with E-state index < -0.39 is 0 Å². The quantitative estimate of drug-likeness (QED) is 0.484. The fourth-order valence-electron chi connectivity index (χ4n) is 0.824. The zero-order valence-electron chi connectivity index (χ0n) is 6.55. The van der Waals surface area contributed by atoms with Gasteiger partial charge < -0.3 is 0 Å². The molecule has 0 radical (unpaired) electrons.